The SMILES string of the molecule is COC(=O)[C@@H]1CCCC[C@H]1O. The van der Waals surface area contributed by atoms with E-state index in [0.29, 0.717) is 0 Å². The maximum absolute atomic E-state index is 11.0. The molecule has 0 bridgehead atoms. The minimum absolute atomic E-state index is 0.266. The van der Waals surface area contributed by atoms with Crippen LogP contribution < -0.4 is 0 Å². The van der Waals surface area contributed by atoms with Gasteiger partial charge in [0.15, 0.2) is 0 Å². The summed E-state index contributed by atoms with van der Waals surface area (Å²) in [7, 11) is 1.36. The van der Waals surface area contributed by atoms with Crippen molar-refractivity contribution in [1.82, 2.24) is 0 Å². The van der Waals surface area contributed by atoms with E-state index in [1.54, 1.807) is 0 Å². The van der Waals surface area contributed by atoms with Crippen LogP contribution in [0.25, 0.3) is 0 Å². The third-order valence-electron chi connectivity index (χ3n) is 2.23. The fourth-order valence-corrected chi connectivity index (χ4v) is 1.54. The van der Waals surface area contributed by atoms with Crippen molar-refractivity contribution < 1.29 is 14.6 Å². The van der Waals surface area contributed by atoms with E-state index in [1.807, 2.05) is 0 Å². The molecular weight excluding hydrogens is 144 g/mol. The molecule has 64 valence electrons. The number of methoxy groups -OCH3 is 1. The van der Waals surface area contributed by atoms with Crippen molar-refractivity contribution in [2.75, 3.05) is 7.11 Å². The number of esters is 1. The molecule has 1 N–H and O–H groups in total. The lowest BCUT2D eigenvalue weighted by Crippen LogP contribution is -2.31. The topological polar surface area (TPSA) is 46.5 Å². The van der Waals surface area contributed by atoms with Crippen molar-refractivity contribution >= 4 is 5.97 Å². The van der Waals surface area contributed by atoms with Crippen LogP contribution in [-0.2, 0) is 9.53 Å². The molecule has 1 aliphatic rings. The summed E-state index contributed by atoms with van der Waals surface area (Å²) in [6.45, 7) is 0. The van der Waals surface area contributed by atoms with E-state index >= 15 is 0 Å². The number of rotatable bonds is 1. The van der Waals surface area contributed by atoms with Crippen LogP contribution in [0, 0.1) is 5.92 Å². The molecular formula is C8H14O3. The summed E-state index contributed by atoms with van der Waals surface area (Å²) >= 11 is 0. The van der Waals surface area contributed by atoms with Crippen molar-refractivity contribution in [2.24, 2.45) is 5.92 Å². The quantitative estimate of drug-likeness (QED) is 0.572. The van der Waals surface area contributed by atoms with Crippen molar-refractivity contribution in [3.8, 4) is 0 Å². The summed E-state index contributed by atoms with van der Waals surface area (Å²) < 4.78 is 4.56. The normalized spacial score (nSPS) is 31.5. The number of aliphatic hydroxyl groups is 1. The zero-order valence-electron chi connectivity index (χ0n) is 6.75. The second kappa shape index (κ2) is 3.72. The number of hydrogen-bond acceptors (Lipinski definition) is 3. The lowest BCUT2D eigenvalue weighted by Gasteiger charge is -2.24. The summed E-state index contributed by atoms with van der Waals surface area (Å²) in [6.07, 6.45) is 3.08. The highest BCUT2D eigenvalue weighted by Gasteiger charge is 2.29. The number of aliphatic hydroxyl groups excluding tert-OH is 1. The molecule has 1 aliphatic carbocycles. The molecule has 0 aromatic carbocycles. The maximum atomic E-state index is 11.0. The zero-order chi connectivity index (χ0) is 8.27. The fraction of sp³-hybridized carbons (Fsp3) is 0.875. The summed E-state index contributed by atoms with van der Waals surface area (Å²) in [4.78, 5) is 11.0. The van der Waals surface area contributed by atoms with Gasteiger partial charge in [0.25, 0.3) is 0 Å². The first kappa shape index (κ1) is 8.53. The summed E-state index contributed by atoms with van der Waals surface area (Å²) in [5.74, 6) is -0.536. The van der Waals surface area contributed by atoms with E-state index < -0.39 is 6.10 Å². The minimum Gasteiger partial charge on any atom is -0.469 e. The van der Waals surface area contributed by atoms with Crippen molar-refractivity contribution in [2.45, 2.75) is 31.8 Å². The Labute approximate surface area is 66.4 Å². The Balaban J connectivity index is 2.47. The van der Waals surface area contributed by atoms with E-state index in [1.165, 1.54) is 7.11 Å². The zero-order valence-corrected chi connectivity index (χ0v) is 6.75. The fourth-order valence-electron chi connectivity index (χ4n) is 1.54. The van der Waals surface area contributed by atoms with Gasteiger partial charge in [0.05, 0.1) is 19.1 Å². The molecule has 0 unspecified atom stereocenters. The summed E-state index contributed by atoms with van der Waals surface area (Å²) in [6, 6.07) is 0. The largest absolute Gasteiger partial charge is 0.469 e. The molecule has 0 radical (unpaired) electrons. The van der Waals surface area contributed by atoms with Gasteiger partial charge in [-0.25, -0.2) is 0 Å². The molecule has 0 aromatic heterocycles. The third-order valence-corrected chi connectivity index (χ3v) is 2.23. The number of carbonyl (C=O) groups is 1. The summed E-state index contributed by atoms with van der Waals surface area (Å²) in [5.41, 5.74) is 0. The highest BCUT2D eigenvalue weighted by molar-refractivity contribution is 5.73. The molecule has 3 heteroatoms. The lowest BCUT2D eigenvalue weighted by molar-refractivity contribution is -0.151. The highest BCUT2D eigenvalue weighted by Crippen LogP contribution is 2.24. The lowest BCUT2D eigenvalue weighted by atomic mass is 9.87. The van der Waals surface area contributed by atoms with Gasteiger partial charge in [0, 0.05) is 0 Å². The van der Waals surface area contributed by atoms with Crippen LogP contribution in [0.2, 0.25) is 0 Å². The van der Waals surface area contributed by atoms with Gasteiger partial charge < -0.3 is 9.84 Å². The molecule has 0 aromatic rings. The number of ether oxygens (including phenoxy) is 1. The highest BCUT2D eigenvalue weighted by atomic mass is 16.5. The molecule has 0 aliphatic heterocycles. The Hall–Kier alpha value is -0.570. The predicted octanol–water partition coefficient (Wildman–Crippen LogP) is 0.710. The Morgan fingerprint density at radius 2 is 2.09 bits per heavy atom. The average Bonchev–Trinajstić information content (AvgIpc) is 2.04. The molecule has 0 amide bonds. The minimum atomic E-state index is -0.476. The Morgan fingerprint density at radius 1 is 1.45 bits per heavy atom. The van der Waals surface area contributed by atoms with Gasteiger partial charge in [-0.15, -0.1) is 0 Å². The monoisotopic (exact) mass is 158 g/mol. The van der Waals surface area contributed by atoms with Gasteiger partial charge in [0.1, 0.15) is 0 Å². The molecule has 1 rings (SSSR count). The van der Waals surface area contributed by atoms with Crippen LogP contribution in [0.4, 0.5) is 0 Å². The van der Waals surface area contributed by atoms with Crippen molar-refractivity contribution in [3.63, 3.8) is 0 Å². The van der Waals surface area contributed by atoms with Gasteiger partial charge in [-0.2, -0.15) is 0 Å². The second-order valence-corrected chi connectivity index (χ2v) is 2.98. The molecule has 0 saturated heterocycles. The van der Waals surface area contributed by atoms with Crippen LogP contribution in [0.15, 0.2) is 0 Å². The summed E-state index contributed by atoms with van der Waals surface area (Å²) in [5, 5.41) is 9.37. The van der Waals surface area contributed by atoms with Gasteiger partial charge in [-0.05, 0) is 12.8 Å². The molecule has 3 nitrogen and oxygen atoms in total. The van der Waals surface area contributed by atoms with E-state index in [9.17, 15) is 9.90 Å². The van der Waals surface area contributed by atoms with Crippen LogP contribution in [0.1, 0.15) is 25.7 Å². The van der Waals surface area contributed by atoms with Crippen LogP contribution in [0.3, 0.4) is 0 Å². The standard InChI is InChI=1S/C8H14O3/c1-11-8(10)6-4-2-3-5-7(6)9/h6-7,9H,2-5H2,1H3/t6-,7-/m1/s1. The van der Waals surface area contributed by atoms with E-state index in [4.69, 9.17) is 0 Å². The molecule has 2 atom stereocenters. The van der Waals surface area contributed by atoms with Crippen LogP contribution in [0.5, 0.6) is 0 Å². The Kier molecular flexibility index (Phi) is 2.88. The van der Waals surface area contributed by atoms with E-state index in [-0.39, 0.29) is 11.9 Å². The Morgan fingerprint density at radius 3 is 2.64 bits per heavy atom. The van der Waals surface area contributed by atoms with Crippen molar-refractivity contribution in [1.29, 1.82) is 0 Å². The predicted molar refractivity (Wildman–Crippen MR) is 40.0 cm³/mol. The van der Waals surface area contributed by atoms with Gasteiger partial charge in [0.2, 0.25) is 0 Å². The first-order valence-electron chi connectivity index (χ1n) is 4.01. The smallest absolute Gasteiger partial charge is 0.311 e. The molecule has 11 heavy (non-hydrogen) atoms. The molecule has 1 saturated carbocycles. The number of carbonyl (C=O) groups excluding carboxylic acids is 1. The van der Waals surface area contributed by atoms with Gasteiger partial charge >= 0.3 is 5.97 Å². The molecule has 0 heterocycles. The van der Waals surface area contributed by atoms with Crippen LogP contribution >= 0.6 is 0 Å². The molecule has 0 spiro atoms. The number of hydrogen-bond donors (Lipinski definition) is 1. The molecule has 1 fully saturated rings. The van der Waals surface area contributed by atoms with E-state index in [0.717, 1.165) is 25.7 Å². The van der Waals surface area contributed by atoms with Crippen molar-refractivity contribution in [3.05, 3.63) is 0 Å². The van der Waals surface area contributed by atoms with Crippen LogP contribution in [-0.4, -0.2) is 24.3 Å². The average molecular weight is 158 g/mol. The van der Waals surface area contributed by atoms with Gasteiger partial charge in [-0.3, -0.25) is 4.79 Å². The first-order chi connectivity index (χ1) is 5.25. The first-order valence-corrected chi connectivity index (χ1v) is 4.01. The second-order valence-electron chi connectivity index (χ2n) is 2.98. The third kappa shape index (κ3) is 1.93. The maximum Gasteiger partial charge on any atom is 0.311 e. The Bertz CT molecular complexity index is 144. The van der Waals surface area contributed by atoms with Gasteiger partial charge in [-0.1, -0.05) is 12.8 Å². The van der Waals surface area contributed by atoms with E-state index in [2.05, 4.69) is 4.74 Å².